The van der Waals surface area contributed by atoms with Crippen LogP contribution < -0.4 is 0 Å². The SMILES string of the molecule is CCC(C)(OC)C(O)c1cccc2ccsc12. The number of hydrogen-bond donors (Lipinski definition) is 1. The Kier molecular flexibility index (Phi) is 3.52. The first-order valence-corrected chi connectivity index (χ1v) is 6.69. The van der Waals surface area contributed by atoms with Gasteiger partial charge in [0.25, 0.3) is 0 Å². The number of aliphatic hydroxyl groups excluding tert-OH is 1. The normalized spacial score (nSPS) is 16.9. The van der Waals surface area contributed by atoms with Crippen LogP contribution in [0.2, 0.25) is 0 Å². The molecule has 1 heterocycles. The maximum absolute atomic E-state index is 10.5. The average molecular weight is 250 g/mol. The van der Waals surface area contributed by atoms with Gasteiger partial charge >= 0.3 is 0 Å². The van der Waals surface area contributed by atoms with Crippen molar-refractivity contribution in [2.45, 2.75) is 32.0 Å². The summed E-state index contributed by atoms with van der Waals surface area (Å²) in [6, 6.07) is 8.11. The predicted octanol–water partition coefficient (Wildman–Crippen LogP) is 3.75. The van der Waals surface area contributed by atoms with Gasteiger partial charge in [-0.25, -0.2) is 0 Å². The highest BCUT2D eigenvalue weighted by Crippen LogP contribution is 2.37. The van der Waals surface area contributed by atoms with Crippen molar-refractivity contribution in [2.24, 2.45) is 0 Å². The lowest BCUT2D eigenvalue weighted by Crippen LogP contribution is -2.34. The smallest absolute Gasteiger partial charge is 0.109 e. The second kappa shape index (κ2) is 4.77. The molecule has 2 nitrogen and oxygen atoms in total. The van der Waals surface area contributed by atoms with Gasteiger partial charge in [-0.15, -0.1) is 11.3 Å². The maximum Gasteiger partial charge on any atom is 0.109 e. The molecule has 1 N–H and O–H groups in total. The molecule has 92 valence electrons. The molecule has 3 heteroatoms. The molecular formula is C14H18O2S. The summed E-state index contributed by atoms with van der Waals surface area (Å²) in [6.45, 7) is 3.98. The summed E-state index contributed by atoms with van der Waals surface area (Å²) in [5.74, 6) is 0. The van der Waals surface area contributed by atoms with Crippen LogP contribution in [0, 0.1) is 0 Å². The third kappa shape index (κ3) is 2.10. The largest absolute Gasteiger partial charge is 0.385 e. The Morgan fingerprint density at radius 1 is 1.41 bits per heavy atom. The van der Waals surface area contributed by atoms with Gasteiger partial charge in [-0.1, -0.05) is 25.1 Å². The van der Waals surface area contributed by atoms with Gasteiger partial charge in [0.15, 0.2) is 0 Å². The van der Waals surface area contributed by atoms with E-state index in [1.54, 1.807) is 18.4 Å². The van der Waals surface area contributed by atoms with Crippen LogP contribution in [-0.2, 0) is 4.74 Å². The minimum atomic E-state index is -0.597. The van der Waals surface area contributed by atoms with E-state index in [0.29, 0.717) is 0 Å². The van der Waals surface area contributed by atoms with Crippen molar-refractivity contribution >= 4 is 21.4 Å². The minimum Gasteiger partial charge on any atom is -0.385 e. The zero-order valence-electron chi connectivity index (χ0n) is 10.4. The molecule has 0 spiro atoms. The predicted molar refractivity (Wildman–Crippen MR) is 72.5 cm³/mol. The first-order valence-electron chi connectivity index (χ1n) is 5.81. The van der Waals surface area contributed by atoms with E-state index in [0.717, 1.165) is 16.7 Å². The van der Waals surface area contributed by atoms with E-state index in [1.807, 2.05) is 26.0 Å². The van der Waals surface area contributed by atoms with Crippen LogP contribution in [0.1, 0.15) is 31.9 Å². The molecule has 0 aliphatic heterocycles. The first kappa shape index (κ1) is 12.6. The minimum absolute atomic E-state index is 0.529. The monoisotopic (exact) mass is 250 g/mol. The Labute approximate surface area is 106 Å². The molecule has 1 aromatic heterocycles. The topological polar surface area (TPSA) is 29.5 Å². The zero-order chi connectivity index (χ0) is 12.5. The molecule has 0 saturated heterocycles. The number of thiophene rings is 1. The first-order chi connectivity index (χ1) is 8.12. The summed E-state index contributed by atoms with van der Waals surface area (Å²) in [4.78, 5) is 0. The Bertz CT molecular complexity index is 500. The van der Waals surface area contributed by atoms with Crippen LogP contribution >= 0.6 is 11.3 Å². The Morgan fingerprint density at radius 2 is 2.18 bits per heavy atom. The number of methoxy groups -OCH3 is 1. The number of hydrogen-bond acceptors (Lipinski definition) is 3. The summed E-state index contributed by atoms with van der Waals surface area (Å²) in [6.07, 6.45) is 0.173. The zero-order valence-corrected chi connectivity index (χ0v) is 11.3. The third-order valence-electron chi connectivity index (χ3n) is 3.55. The van der Waals surface area contributed by atoms with Gasteiger partial charge in [-0.3, -0.25) is 0 Å². The Hall–Kier alpha value is -0.900. The molecule has 2 aromatic rings. The van der Waals surface area contributed by atoms with Gasteiger partial charge in [0.2, 0.25) is 0 Å². The van der Waals surface area contributed by atoms with Crippen molar-refractivity contribution < 1.29 is 9.84 Å². The van der Waals surface area contributed by atoms with Crippen LogP contribution in [0.5, 0.6) is 0 Å². The number of aliphatic hydroxyl groups is 1. The van der Waals surface area contributed by atoms with Crippen LogP contribution in [0.25, 0.3) is 10.1 Å². The highest BCUT2D eigenvalue weighted by molar-refractivity contribution is 7.17. The molecule has 0 aliphatic rings. The summed E-state index contributed by atoms with van der Waals surface area (Å²) in [7, 11) is 1.65. The fourth-order valence-corrected chi connectivity index (χ4v) is 2.95. The van der Waals surface area contributed by atoms with Crippen molar-refractivity contribution in [3.63, 3.8) is 0 Å². The van der Waals surface area contributed by atoms with Crippen molar-refractivity contribution in [2.75, 3.05) is 7.11 Å². The van der Waals surface area contributed by atoms with Gasteiger partial charge in [0, 0.05) is 17.4 Å². The molecule has 0 bridgehead atoms. The van der Waals surface area contributed by atoms with E-state index in [4.69, 9.17) is 4.74 Å². The molecule has 0 radical (unpaired) electrons. The highest BCUT2D eigenvalue weighted by Gasteiger charge is 2.33. The quantitative estimate of drug-likeness (QED) is 0.895. The van der Waals surface area contributed by atoms with Gasteiger partial charge in [-0.05, 0) is 30.2 Å². The van der Waals surface area contributed by atoms with Gasteiger partial charge in [-0.2, -0.15) is 0 Å². The van der Waals surface area contributed by atoms with E-state index in [1.165, 1.54) is 5.39 Å². The van der Waals surface area contributed by atoms with Crippen LogP contribution in [0.4, 0.5) is 0 Å². The fraction of sp³-hybridized carbons (Fsp3) is 0.429. The molecule has 17 heavy (non-hydrogen) atoms. The molecule has 0 saturated carbocycles. The van der Waals surface area contributed by atoms with E-state index < -0.39 is 11.7 Å². The van der Waals surface area contributed by atoms with Crippen molar-refractivity contribution in [3.8, 4) is 0 Å². The molecule has 2 atom stereocenters. The van der Waals surface area contributed by atoms with Gasteiger partial charge in [0.1, 0.15) is 6.10 Å². The fourth-order valence-electron chi connectivity index (χ4n) is 2.01. The molecule has 0 aliphatic carbocycles. The van der Waals surface area contributed by atoms with Crippen LogP contribution in [0.3, 0.4) is 0 Å². The van der Waals surface area contributed by atoms with Crippen molar-refractivity contribution in [3.05, 3.63) is 35.2 Å². The Morgan fingerprint density at radius 3 is 2.82 bits per heavy atom. The number of fused-ring (bicyclic) bond motifs is 1. The van der Waals surface area contributed by atoms with E-state index in [9.17, 15) is 5.11 Å². The lowest BCUT2D eigenvalue weighted by atomic mass is 9.90. The second-order valence-corrected chi connectivity index (χ2v) is 5.38. The molecule has 2 unspecified atom stereocenters. The van der Waals surface area contributed by atoms with E-state index in [2.05, 4.69) is 17.5 Å². The van der Waals surface area contributed by atoms with Gasteiger partial charge < -0.3 is 9.84 Å². The average Bonchev–Trinajstić information content (AvgIpc) is 2.85. The molecule has 2 rings (SSSR count). The van der Waals surface area contributed by atoms with E-state index >= 15 is 0 Å². The molecule has 1 aromatic carbocycles. The standard InChI is InChI=1S/C14H18O2S/c1-4-14(2,16-3)13(15)11-7-5-6-10-8-9-17-12(10)11/h5-9,13,15H,4H2,1-3H3. The summed E-state index contributed by atoms with van der Waals surface area (Å²) < 4.78 is 6.63. The maximum atomic E-state index is 10.5. The van der Waals surface area contributed by atoms with Crippen molar-refractivity contribution in [1.29, 1.82) is 0 Å². The van der Waals surface area contributed by atoms with Gasteiger partial charge in [0.05, 0.1) is 5.60 Å². The number of rotatable bonds is 4. The van der Waals surface area contributed by atoms with E-state index in [-0.39, 0.29) is 0 Å². The second-order valence-electron chi connectivity index (χ2n) is 4.46. The molecule has 0 fully saturated rings. The summed E-state index contributed by atoms with van der Waals surface area (Å²) in [5.41, 5.74) is 0.432. The summed E-state index contributed by atoms with van der Waals surface area (Å²) >= 11 is 1.66. The molecular weight excluding hydrogens is 232 g/mol. The number of benzene rings is 1. The lowest BCUT2D eigenvalue weighted by molar-refractivity contribution is -0.0937. The van der Waals surface area contributed by atoms with Crippen LogP contribution in [-0.4, -0.2) is 17.8 Å². The molecule has 0 amide bonds. The lowest BCUT2D eigenvalue weighted by Gasteiger charge is -2.32. The Balaban J connectivity index is 2.49. The highest BCUT2D eigenvalue weighted by atomic mass is 32.1. The van der Waals surface area contributed by atoms with Crippen LogP contribution in [0.15, 0.2) is 29.6 Å². The number of ether oxygens (including phenoxy) is 1. The van der Waals surface area contributed by atoms with Crippen molar-refractivity contribution in [1.82, 2.24) is 0 Å². The third-order valence-corrected chi connectivity index (χ3v) is 4.53. The summed E-state index contributed by atoms with van der Waals surface area (Å²) in [5, 5.41) is 13.8.